The molecule has 0 fully saturated rings. The lowest BCUT2D eigenvalue weighted by Gasteiger charge is -2.08. The predicted molar refractivity (Wildman–Crippen MR) is 82.0 cm³/mol. The Bertz CT molecular complexity index is 604. The molecule has 1 amide bonds. The summed E-state index contributed by atoms with van der Waals surface area (Å²) in [6, 6.07) is 5.73. The fourth-order valence-electron chi connectivity index (χ4n) is 1.98. The van der Waals surface area contributed by atoms with Gasteiger partial charge in [-0.15, -0.1) is 11.3 Å². The second kappa shape index (κ2) is 7.08. The van der Waals surface area contributed by atoms with Gasteiger partial charge >= 0.3 is 5.97 Å². The summed E-state index contributed by atoms with van der Waals surface area (Å²) in [5, 5.41) is 13.5. The van der Waals surface area contributed by atoms with E-state index >= 15 is 0 Å². The van der Waals surface area contributed by atoms with Gasteiger partial charge in [0.2, 0.25) is 0 Å². The highest BCUT2D eigenvalue weighted by atomic mass is 32.1. The molecule has 2 heterocycles. The maximum atomic E-state index is 12.2. The number of nitrogens with zero attached hydrogens (tertiary/aromatic N) is 1. The first-order valence-corrected chi connectivity index (χ1v) is 7.69. The zero-order chi connectivity index (χ0) is 15.2. The monoisotopic (exact) mass is 306 g/mol. The van der Waals surface area contributed by atoms with E-state index in [0.717, 1.165) is 5.69 Å². The minimum absolute atomic E-state index is 0.114. The Kier molecular flexibility index (Phi) is 5.16. The summed E-state index contributed by atoms with van der Waals surface area (Å²) in [6.45, 7) is 2.16. The van der Waals surface area contributed by atoms with Crippen LogP contribution in [-0.4, -0.2) is 28.1 Å². The van der Waals surface area contributed by atoms with Gasteiger partial charge in [-0.3, -0.25) is 9.59 Å². The number of aliphatic carboxylic acids is 1. The molecule has 0 spiro atoms. The molecule has 2 aromatic heterocycles. The van der Waals surface area contributed by atoms with E-state index in [1.807, 2.05) is 40.5 Å². The third-order valence-electron chi connectivity index (χ3n) is 3.25. The van der Waals surface area contributed by atoms with Gasteiger partial charge in [-0.2, -0.15) is 0 Å². The minimum atomic E-state index is -0.797. The molecule has 0 aliphatic carbocycles. The lowest BCUT2D eigenvalue weighted by molar-refractivity contribution is -0.141. The van der Waals surface area contributed by atoms with E-state index in [1.165, 1.54) is 11.3 Å². The van der Waals surface area contributed by atoms with E-state index < -0.39 is 5.97 Å². The highest BCUT2D eigenvalue weighted by Gasteiger charge is 2.14. The number of amides is 1. The summed E-state index contributed by atoms with van der Waals surface area (Å²) in [5.74, 6) is -1.29. The molecule has 0 radical (unpaired) electrons. The molecule has 0 saturated heterocycles. The van der Waals surface area contributed by atoms with Crippen LogP contribution in [0.4, 0.5) is 0 Å². The highest BCUT2D eigenvalue weighted by Crippen LogP contribution is 2.21. The summed E-state index contributed by atoms with van der Waals surface area (Å²) >= 11 is 1.40. The first kappa shape index (κ1) is 15.3. The maximum Gasteiger partial charge on any atom is 0.306 e. The van der Waals surface area contributed by atoms with Crippen molar-refractivity contribution in [1.29, 1.82) is 0 Å². The molecule has 0 aliphatic rings. The number of rotatable bonds is 7. The fraction of sp³-hybridized carbons (Fsp3) is 0.333. The first-order valence-electron chi connectivity index (χ1n) is 6.81. The summed E-state index contributed by atoms with van der Waals surface area (Å²) < 4.78 is 1.90. The Balaban J connectivity index is 1.87. The van der Waals surface area contributed by atoms with E-state index in [0.29, 0.717) is 24.3 Å². The van der Waals surface area contributed by atoms with Crippen molar-refractivity contribution in [3.63, 3.8) is 0 Å². The van der Waals surface area contributed by atoms with Crippen molar-refractivity contribution in [2.45, 2.75) is 19.8 Å². The smallest absolute Gasteiger partial charge is 0.306 e. The molecule has 21 heavy (non-hydrogen) atoms. The van der Waals surface area contributed by atoms with Crippen LogP contribution in [0.1, 0.15) is 29.4 Å². The van der Waals surface area contributed by atoms with Gasteiger partial charge in [-0.25, -0.2) is 0 Å². The van der Waals surface area contributed by atoms with E-state index in [-0.39, 0.29) is 11.8 Å². The van der Waals surface area contributed by atoms with Gasteiger partial charge < -0.3 is 15.0 Å². The topological polar surface area (TPSA) is 71.3 Å². The first-order chi connectivity index (χ1) is 10.1. The van der Waals surface area contributed by atoms with Crippen molar-refractivity contribution in [2.75, 3.05) is 6.54 Å². The fourth-order valence-corrected chi connectivity index (χ4v) is 2.79. The van der Waals surface area contributed by atoms with Crippen molar-refractivity contribution in [2.24, 2.45) is 5.92 Å². The largest absolute Gasteiger partial charge is 0.481 e. The highest BCUT2D eigenvalue weighted by molar-refractivity contribution is 7.12. The maximum absolute atomic E-state index is 12.2. The number of thiophene rings is 1. The van der Waals surface area contributed by atoms with Gasteiger partial charge in [0.1, 0.15) is 4.88 Å². The van der Waals surface area contributed by atoms with Gasteiger partial charge in [0, 0.05) is 18.9 Å². The van der Waals surface area contributed by atoms with E-state index in [2.05, 4.69) is 5.32 Å². The molecular weight excluding hydrogens is 288 g/mol. The normalized spacial score (nSPS) is 12.0. The molecule has 0 bridgehead atoms. The molecule has 1 unspecified atom stereocenters. The Labute approximate surface area is 127 Å². The number of carboxylic acids is 1. The van der Waals surface area contributed by atoms with E-state index in [4.69, 9.17) is 5.11 Å². The average molecular weight is 306 g/mol. The zero-order valence-electron chi connectivity index (χ0n) is 11.8. The summed E-state index contributed by atoms with van der Waals surface area (Å²) in [4.78, 5) is 23.5. The van der Waals surface area contributed by atoms with Crippen LogP contribution in [0.5, 0.6) is 0 Å². The van der Waals surface area contributed by atoms with Crippen LogP contribution in [0.15, 0.2) is 36.0 Å². The number of carbonyl (C=O) groups is 2. The molecule has 0 aromatic carbocycles. The van der Waals surface area contributed by atoms with Gasteiger partial charge in [0.05, 0.1) is 11.6 Å². The number of aromatic nitrogens is 1. The number of hydrogen-bond acceptors (Lipinski definition) is 3. The molecule has 0 aliphatic heterocycles. The van der Waals surface area contributed by atoms with Crippen LogP contribution in [0.3, 0.4) is 0 Å². The van der Waals surface area contributed by atoms with Crippen molar-refractivity contribution in [1.82, 2.24) is 9.88 Å². The van der Waals surface area contributed by atoms with Crippen LogP contribution < -0.4 is 5.32 Å². The van der Waals surface area contributed by atoms with Gasteiger partial charge in [-0.05, 0) is 36.4 Å². The number of hydrogen-bond donors (Lipinski definition) is 2. The lowest BCUT2D eigenvalue weighted by atomic mass is 10.1. The Hall–Kier alpha value is -2.08. The SMILES string of the molecule is CC(CCCNC(=O)c1sccc1-n1cccc1)C(=O)O. The Morgan fingerprint density at radius 3 is 2.76 bits per heavy atom. The number of carbonyl (C=O) groups excluding carboxylic acids is 1. The van der Waals surface area contributed by atoms with Crippen molar-refractivity contribution >= 4 is 23.2 Å². The number of nitrogens with one attached hydrogen (secondary N) is 1. The molecule has 5 nitrogen and oxygen atoms in total. The second-order valence-corrected chi connectivity index (χ2v) is 5.78. The molecule has 2 N–H and O–H groups in total. The molecule has 2 aromatic rings. The van der Waals surface area contributed by atoms with Gasteiger partial charge in [0.25, 0.3) is 5.91 Å². The van der Waals surface area contributed by atoms with Crippen molar-refractivity contribution in [3.05, 3.63) is 40.8 Å². The van der Waals surface area contributed by atoms with Crippen molar-refractivity contribution in [3.8, 4) is 5.69 Å². The quantitative estimate of drug-likeness (QED) is 0.773. The molecule has 112 valence electrons. The van der Waals surface area contributed by atoms with Crippen LogP contribution in [-0.2, 0) is 4.79 Å². The molecular formula is C15H18N2O3S. The number of carboxylic acid groups (broad SMARTS) is 1. The van der Waals surface area contributed by atoms with Crippen LogP contribution >= 0.6 is 11.3 Å². The minimum Gasteiger partial charge on any atom is -0.481 e. The van der Waals surface area contributed by atoms with Crippen LogP contribution in [0.2, 0.25) is 0 Å². The third-order valence-corrected chi connectivity index (χ3v) is 4.16. The molecule has 6 heteroatoms. The third kappa shape index (κ3) is 3.95. The standard InChI is InChI=1S/C15H18N2O3S/c1-11(15(19)20)5-4-7-16-14(18)13-12(6-10-21-13)17-8-2-3-9-17/h2-3,6,8-11H,4-5,7H2,1H3,(H,16,18)(H,19,20). The Morgan fingerprint density at radius 1 is 1.38 bits per heavy atom. The summed E-state index contributed by atoms with van der Waals surface area (Å²) in [5.41, 5.74) is 0.862. The molecule has 0 saturated carbocycles. The van der Waals surface area contributed by atoms with Crippen LogP contribution in [0, 0.1) is 5.92 Å². The Morgan fingerprint density at radius 2 is 2.10 bits per heavy atom. The van der Waals surface area contributed by atoms with Gasteiger partial charge in [-0.1, -0.05) is 6.92 Å². The zero-order valence-corrected chi connectivity index (χ0v) is 12.6. The average Bonchev–Trinajstić information content (AvgIpc) is 3.11. The van der Waals surface area contributed by atoms with Gasteiger partial charge in [0.15, 0.2) is 0 Å². The lowest BCUT2D eigenvalue weighted by Crippen LogP contribution is -2.25. The van der Waals surface area contributed by atoms with E-state index in [1.54, 1.807) is 6.92 Å². The van der Waals surface area contributed by atoms with E-state index in [9.17, 15) is 9.59 Å². The predicted octanol–water partition coefficient (Wildman–Crippen LogP) is 2.77. The van der Waals surface area contributed by atoms with Crippen LogP contribution in [0.25, 0.3) is 5.69 Å². The molecule has 1 atom stereocenters. The summed E-state index contributed by atoms with van der Waals surface area (Å²) in [7, 11) is 0. The van der Waals surface area contributed by atoms with Crippen molar-refractivity contribution < 1.29 is 14.7 Å². The molecule has 2 rings (SSSR count). The summed E-state index contributed by atoms with van der Waals surface area (Å²) in [6.07, 6.45) is 5.01. The second-order valence-electron chi connectivity index (χ2n) is 4.86.